The highest BCUT2D eigenvalue weighted by molar-refractivity contribution is 5.50. The van der Waals surface area contributed by atoms with Crippen LogP contribution in [0.5, 0.6) is 0 Å². The summed E-state index contributed by atoms with van der Waals surface area (Å²) in [5, 5.41) is 10.5. The van der Waals surface area contributed by atoms with Gasteiger partial charge in [-0.05, 0) is 35.8 Å². The maximum absolute atomic E-state index is 10.5. The van der Waals surface area contributed by atoms with Gasteiger partial charge in [-0.3, -0.25) is 0 Å². The van der Waals surface area contributed by atoms with Crippen LogP contribution < -0.4 is 0 Å². The molecule has 1 nitrogen and oxygen atoms in total. The van der Waals surface area contributed by atoms with Gasteiger partial charge in [-0.25, -0.2) is 0 Å². The van der Waals surface area contributed by atoms with E-state index in [-0.39, 0.29) is 11.5 Å². The van der Waals surface area contributed by atoms with E-state index in [9.17, 15) is 5.11 Å². The van der Waals surface area contributed by atoms with Crippen LogP contribution in [0.15, 0.2) is 66.7 Å². The Morgan fingerprint density at radius 1 is 0.857 bits per heavy atom. The van der Waals surface area contributed by atoms with E-state index in [2.05, 4.69) is 42.5 Å². The average molecular weight is 276 g/mol. The number of rotatable bonds is 4. The molecular formula is C20H20O. The molecule has 5 rings (SSSR count). The quantitative estimate of drug-likeness (QED) is 0.888. The first kappa shape index (κ1) is 12.8. The molecule has 0 radical (unpaired) electrons. The fourth-order valence-corrected chi connectivity index (χ4v) is 4.25. The SMILES string of the molecule is O[C@@H](/C=C/c1ccccc1)C12CC(c3ccccc3)(C1)C2. The van der Waals surface area contributed by atoms with E-state index in [0.717, 1.165) is 24.8 Å². The van der Waals surface area contributed by atoms with Gasteiger partial charge in [-0.2, -0.15) is 0 Å². The van der Waals surface area contributed by atoms with E-state index < -0.39 is 0 Å². The normalized spacial score (nSPS) is 31.5. The van der Waals surface area contributed by atoms with Crippen LogP contribution in [-0.2, 0) is 5.41 Å². The highest BCUT2D eigenvalue weighted by Gasteiger charge is 2.70. The van der Waals surface area contributed by atoms with Crippen molar-refractivity contribution in [3.63, 3.8) is 0 Å². The van der Waals surface area contributed by atoms with Gasteiger partial charge in [-0.1, -0.05) is 72.8 Å². The van der Waals surface area contributed by atoms with Crippen molar-refractivity contribution in [2.45, 2.75) is 30.8 Å². The first-order valence-electron chi connectivity index (χ1n) is 7.69. The molecule has 3 fully saturated rings. The lowest BCUT2D eigenvalue weighted by molar-refractivity contribution is -0.192. The molecule has 0 saturated heterocycles. The van der Waals surface area contributed by atoms with Crippen molar-refractivity contribution >= 4 is 6.08 Å². The van der Waals surface area contributed by atoms with Gasteiger partial charge >= 0.3 is 0 Å². The van der Waals surface area contributed by atoms with E-state index in [1.165, 1.54) is 5.56 Å². The van der Waals surface area contributed by atoms with E-state index in [1.54, 1.807) is 0 Å². The van der Waals surface area contributed by atoms with E-state index in [4.69, 9.17) is 0 Å². The summed E-state index contributed by atoms with van der Waals surface area (Å²) < 4.78 is 0. The molecule has 0 heterocycles. The van der Waals surface area contributed by atoms with Crippen molar-refractivity contribution in [2.75, 3.05) is 0 Å². The Balaban J connectivity index is 1.43. The third-order valence-electron chi connectivity index (χ3n) is 5.36. The zero-order valence-corrected chi connectivity index (χ0v) is 12.1. The third kappa shape index (κ3) is 1.96. The lowest BCUT2D eigenvalue weighted by atomic mass is 9.32. The molecular weight excluding hydrogens is 256 g/mol. The fraction of sp³-hybridized carbons (Fsp3) is 0.300. The van der Waals surface area contributed by atoms with Gasteiger partial charge in [0.1, 0.15) is 0 Å². The Bertz CT molecular complexity index is 637. The molecule has 1 N–H and O–H groups in total. The lowest BCUT2D eigenvalue weighted by Gasteiger charge is -2.72. The van der Waals surface area contributed by atoms with Gasteiger partial charge in [0.15, 0.2) is 0 Å². The van der Waals surface area contributed by atoms with Crippen molar-refractivity contribution in [2.24, 2.45) is 5.41 Å². The average Bonchev–Trinajstić information content (AvgIpc) is 2.45. The predicted molar refractivity (Wildman–Crippen MR) is 85.9 cm³/mol. The monoisotopic (exact) mass is 276 g/mol. The Morgan fingerprint density at radius 2 is 1.43 bits per heavy atom. The smallest absolute Gasteiger partial charge is 0.0781 e. The second kappa shape index (κ2) is 4.57. The molecule has 3 aliphatic carbocycles. The molecule has 3 aliphatic rings. The minimum atomic E-state index is -0.316. The molecule has 106 valence electrons. The standard InChI is InChI=1S/C20H20O/c21-18(12-11-16-7-3-1-4-8-16)20-13-19(14-20,15-20)17-9-5-2-6-10-17/h1-12,18,21H,13-15H2/b12-11+/t18-,19?,20?/m0/s1. The number of benzene rings is 2. The van der Waals surface area contributed by atoms with Crippen LogP contribution in [0.4, 0.5) is 0 Å². The molecule has 3 saturated carbocycles. The van der Waals surface area contributed by atoms with Gasteiger partial charge in [0, 0.05) is 5.41 Å². The van der Waals surface area contributed by atoms with Crippen LogP contribution in [0, 0.1) is 5.41 Å². The van der Waals surface area contributed by atoms with Crippen LogP contribution in [0.3, 0.4) is 0 Å². The summed E-state index contributed by atoms with van der Waals surface area (Å²) in [5.74, 6) is 0. The molecule has 2 aromatic carbocycles. The Kier molecular flexibility index (Phi) is 2.80. The van der Waals surface area contributed by atoms with Crippen molar-refractivity contribution in [3.05, 3.63) is 77.9 Å². The van der Waals surface area contributed by atoms with E-state index >= 15 is 0 Å². The Labute approximate surface area is 126 Å². The molecule has 0 unspecified atom stereocenters. The first-order chi connectivity index (χ1) is 10.2. The van der Waals surface area contributed by atoms with Crippen LogP contribution in [0.25, 0.3) is 6.08 Å². The van der Waals surface area contributed by atoms with Gasteiger partial charge in [-0.15, -0.1) is 0 Å². The van der Waals surface area contributed by atoms with Gasteiger partial charge in [0.2, 0.25) is 0 Å². The second-order valence-electron chi connectivity index (χ2n) is 6.75. The van der Waals surface area contributed by atoms with Crippen molar-refractivity contribution < 1.29 is 5.11 Å². The molecule has 0 spiro atoms. The highest BCUT2D eigenvalue weighted by Crippen LogP contribution is 2.75. The number of hydrogen-bond donors (Lipinski definition) is 1. The van der Waals surface area contributed by atoms with Gasteiger partial charge in [0.05, 0.1) is 6.10 Å². The summed E-state index contributed by atoms with van der Waals surface area (Å²) in [6, 6.07) is 21.0. The fourth-order valence-electron chi connectivity index (χ4n) is 4.25. The molecule has 0 aliphatic heterocycles. The maximum atomic E-state index is 10.5. The summed E-state index contributed by atoms with van der Waals surface area (Å²) in [6.07, 6.45) is 7.09. The summed E-state index contributed by atoms with van der Waals surface area (Å²) in [4.78, 5) is 0. The third-order valence-corrected chi connectivity index (χ3v) is 5.36. The maximum Gasteiger partial charge on any atom is 0.0781 e. The van der Waals surface area contributed by atoms with Crippen molar-refractivity contribution in [1.82, 2.24) is 0 Å². The molecule has 2 bridgehead atoms. The summed E-state index contributed by atoms with van der Waals surface area (Å²) >= 11 is 0. The largest absolute Gasteiger partial charge is 0.388 e. The molecule has 0 aromatic heterocycles. The lowest BCUT2D eigenvalue weighted by Crippen LogP contribution is -2.68. The number of aliphatic hydroxyl groups excluding tert-OH is 1. The topological polar surface area (TPSA) is 20.2 Å². The molecule has 1 atom stereocenters. The zero-order valence-electron chi connectivity index (χ0n) is 12.1. The molecule has 2 aromatic rings. The second-order valence-corrected chi connectivity index (χ2v) is 6.75. The number of aliphatic hydroxyl groups is 1. The highest BCUT2D eigenvalue weighted by atomic mass is 16.3. The van der Waals surface area contributed by atoms with E-state index in [1.807, 2.05) is 30.4 Å². The van der Waals surface area contributed by atoms with Crippen LogP contribution in [0.1, 0.15) is 30.4 Å². The summed E-state index contributed by atoms with van der Waals surface area (Å²) in [5.41, 5.74) is 3.11. The first-order valence-corrected chi connectivity index (χ1v) is 7.69. The van der Waals surface area contributed by atoms with Gasteiger partial charge in [0.25, 0.3) is 0 Å². The van der Waals surface area contributed by atoms with Gasteiger partial charge < -0.3 is 5.11 Å². The molecule has 1 heteroatoms. The minimum Gasteiger partial charge on any atom is -0.388 e. The predicted octanol–water partition coefficient (Wildman–Crippen LogP) is 4.18. The summed E-state index contributed by atoms with van der Waals surface area (Å²) in [7, 11) is 0. The van der Waals surface area contributed by atoms with Crippen LogP contribution in [0.2, 0.25) is 0 Å². The molecule has 21 heavy (non-hydrogen) atoms. The zero-order chi connectivity index (χ0) is 14.3. The van der Waals surface area contributed by atoms with Crippen molar-refractivity contribution in [1.29, 1.82) is 0 Å². The van der Waals surface area contributed by atoms with Crippen molar-refractivity contribution in [3.8, 4) is 0 Å². The summed E-state index contributed by atoms with van der Waals surface area (Å²) in [6.45, 7) is 0. The minimum absolute atomic E-state index is 0.140. The Hall–Kier alpha value is -1.86. The Morgan fingerprint density at radius 3 is 2.05 bits per heavy atom. The van der Waals surface area contributed by atoms with E-state index in [0.29, 0.717) is 5.41 Å². The number of hydrogen-bond acceptors (Lipinski definition) is 1. The van der Waals surface area contributed by atoms with Crippen LogP contribution >= 0.6 is 0 Å². The van der Waals surface area contributed by atoms with Crippen LogP contribution in [-0.4, -0.2) is 11.2 Å². The molecule has 0 amide bonds.